The zero-order valence-electron chi connectivity index (χ0n) is 20.0. The third-order valence-corrected chi connectivity index (χ3v) is 7.02. The summed E-state index contributed by atoms with van der Waals surface area (Å²) in [6.45, 7) is 1.94. The van der Waals surface area contributed by atoms with Gasteiger partial charge in [0, 0.05) is 33.4 Å². The number of anilines is 1. The quantitative estimate of drug-likeness (QED) is 0.112. The van der Waals surface area contributed by atoms with E-state index in [2.05, 4.69) is 0 Å². The van der Waals surface area contributed by atoms with E-state index in [0.717, 1.165) is 5.56 Å². The van der Waals surface area contributed by atoms with Gasteiger partial charge in [0.25, 0.3) is 11.6 Å². The second kappa shape index (κ2) is 9.93. The average Bonchev–Trinajstić information content (AvgIpc) is 2.92. The van der Waals surface area contributed by atoms with E-state index in [-0.39, 0.29) is 11.3 Å². The van der Waals surface area contributed by atoms with Crippen LogP contribution < -0.4 is 4.90 Å². The number of nitro groups is 1. The first kappa shape index (κ1) is 25.4. The van der Waals surface area contributed by atoms with E-state index in [1.54, 1.807) is 41.3 Å². The lowest BCUT2D eigenvalue weighted by Gasteiger charge is -2.55. The monoisotopic (exact) mass is 546 g/mol. The van der Waals surface area contributed by atoms with Crippen molar-refractivity contribution in [1.29, 1.82) is 0 Å². The predicted molar refractivity (Wildman–Crippen MR) is 144 cm³/mol. The number of esters is 1. The van der Waals surface area contributed by atoms with Gasteiger partial charge >= 0.3 is 5.97 Å². The predicted octanol–water partition coefficient (Wildman–Crippen LogP) is 7.05. The van der Waals surface area contributed by atoms with Gasteiger partial charge in [-0.05, 0) is 73.2 Å². The molecule has 4 aromatic carbocycles. The molecule has 0 spiro atoms. The maximum Gasteiger partial charge on any atom is 0.339 e. The van der Waals surface area contributed by atoms with Crippen LogP contribution in [0.1, 0.15) is 33.1 Å². The Morgan fingerprint density at radius 1 is 0.868 bits per heavy atom. The van der Waals surface area contributed by atoms with Crippen LogP contribution >= 0.6 is 23.2 Å². The van der Waals surface area contributed by atoms with E-state index in [4.69, 9.17) is 27.9 Å². The van der Waals surface area contributed by atoms with Gasteiger partial charge < -0.3 is 4.74 Å². The minimum absolute atomic E-state index is 0.155. The number of amides is 1. The normalized spacial score (nSPS) is 18.6. The molecule has 1 aliphatic rings. The van der Waals surface area contributed by atoms with Crippen molar-refractivity contribution in [3.05, 3.63) is 139 Å². The fourth-order valence-electron chi connectivity index (χ4n) is 4.59. The van der Waals surface area contributed by atoms with E-state index < -0.39 is 28.4 Å². The summed E-state index contributed by atoms with van der Waals surface area (Å²) in [6, 6.07) is 25.1. The molecule has 1 fully saturated rings. The molecule has 2 unspecified atom stereocenters. The number of hydrogen-bond donors (Lipinski definition) is 0. The van der Waals surface area contributed by atoms with Crippen molar-refractivity contribution in [2.24, 2.45) is 0 Å². The first-order chi connectivity index (χ1) is 18.2. The summed E-state index contributed by atoms with van der Waals surface area (Å²) in [6.07, 6.45) is 0. The van der Waals surface area contributed by atoms with Gasteiger partial charge in [0.15, 0.2) is 0 Å². The number of halogens is 2. The van der Waals surface area contributed by atoms with Gasteiger partial charge in [-0.25, -0.2) is 4.79 Å². The minimum Gasteiger partial charge on any atom is -0.438 e. The number of β-lactam (4-membered cyclic amide) rings is 1. The van der Waals surface area contributed by atoms with Crippen LogP contribution in [0.2, 0.25) is 10.0 Å². The van der Waals surface area contributed by atoms with Crippen molar-refractivity contribution in [2.45, 2.75) is 18.6 Å². The highest BCUT2D eigenvalue weighted by Crippen LogP contribution is 2.55. The molecule has 7 nitrogen and oxygen atoms in total. The van der Waals surface area contributed by atoms with Crippen LogP contribution in [0.4, 0.5) is 11.4 Å². The van der Waals surface area contributed by atoms with Crippen molar-refractivity contribution in [2.75, 3.05) is 4.90 Å². The van der Waals surface area contributed by atoms with Crippen LogP contribution in [-0.2, 0) is 15.1 Å². The highest BCUT2D eigenvalue weighted by molar-refractivity contribution is 6.31. The maximum absolute atomic E-state index is 14.1. The third kappa shape index (κ3) is 4.40. The molecule has 1 aliphatic heterocycles. The Morgan fingerprint density at radius 2 is 1.42 bits per heavy atom. The number of hydrogen-bond acceptors (Lipinski definition) is 5. The van der Waals surface area contributed by atoms with Gasteiger partial charge in [-0.15, -0.1) is 0 Å². The van der Waals surface area contributed by atoms with Crippen LogP contribution in [-0.4, -0.2) is 16.8 Å². The van der Waals surface area contributed by atoms with Crippen molar-refractivity contribution in [1.82, 2.24) is 0 Å². The summed E-state index contributed by atoms with van der Waals surface area (Å²) in [7, 11) is 0. The fraction of sp³-hybridized carbons (Fsp3) is 0.103. The topological polar surface area (TPSA) is 89.8 Å². The number of non-ortho nitro benzene ring substituents is 1. The molecular weight excluding hydrogens is 527 g/mol. The highest BCUT2D eigenvalue weighted by Gasteiger charge is 2.66. The average molecular weight is 547 g/mol. The number of rotatable bonds is 6. The van der Waals surface area contributed by atoms with Crippen molar-refractivity contribution in [3.63, 3.8) is 0 Å². The van der Waals surface area contributed by atoms with E-state index in [1.807, 2.05) is 31.2 Å². The number of carbonyl (C=O) groups is 2. The number of aryl methyl sites for hydroxylation is 1. The maximum atomic E-state index is 14.1. The van der Waals surface area contributed by atoms with Crippen molar-refractivity contribution >= 4 is 46.5 Å². The summed E-state index contributed by atoms with van der Waals surface area (Å²) in [5, 5.41) is 12.2. The Hall–Kier alpha value is -4.20. The molecule has 0 N–H and O–H groups in total. The molecule has 1 amide bonds. The Morgan fingerprint density at radius 3 is 1.97 bits per heavy atom. The second-order valence-electron chi connectivity index (χ2n) is 8.90. The van der Waals surface area contributed by atoms with Crippen LogP contribution in [0, 0.1) is 17.0 Å². The van der Waals surface area contributed by atoms with Gasteiger partial charge in [-0.3, -0.25) is 19.8 Å². The summed E-state index contributed by atoms with van der Waals surface area (Å²) in [5.41, 5.74) is 0.840. The Labute approximate surface area is 228 Å². The Kier molecular flexibility index (Phi) is 6.65. The van der Waals surface area contributed by atoms with E-state index in [9.17, 15) is 19.7 Å². The first-order valence-electron chi connectivity index (χ1n) is 11.6. The number of nitrogens with zero attached hydrogens (tertiary/aromatic N) is 2. The molecule has 1 saturated heterocycles. The van der Waals surface area contributed by atoms with Gasteiger partial charge in [0.2, 0.25) is 5.60 Å². The lowest BCUT2D eigenvalue weighted by Crippen LogP contribution is -2.68. The molecule has 0 aromatic heterocycles. The molecule has 0 bridgehead atoms. The zero-order valence-corrected chi connectivity index (χ0v) is 21.5. The molecule has 2 atom stereocenters. The summed E-state index contributed by atoms with van der Waals surface area (Å²) in [4.78, 5) is 39.9. The molecular formula is C29H20Cl2N2O5. The SMILES string of the molecule is Cc1ccc(N2C(=O)C(OC(=O)c3ccc(Cl)cc3)(c3ccc([N+](=O)[O-])cc3)C2c2ccc(Cl)cc2)cc1. The number of nitro benzene ring substituents is 1. The Balaban J connectivity index is 1.68. The van der Waals surface area contributed by atoms with Gasteiger partial charge in [0.05, 0.1) is 10.5 Å². The summed E-state index contributed by atoms with van der Waals surface area (Å²) < 4.78 is 6.10. The number of ether oxygens (including phenoxy) is 1. The standard InChI is InChI=1S/C29H20Cl2N2O5/c1-18-2-14-24(15-3-18)32-26(19-4-10-22(30)11-5-19)29(28(32)35,21-8-16-25(17-9-21)33(36)37)38-27(34)20-6-12-23(31)13-7-20/h2-17,26H,1H3. The molecule has 0 saturated carbocycles. The van der Waals surface area contributed by atoms with Gasteiger partial charge in [-0.1, -0.05) is 53.0 Å². The lowest BCUT2D eigenvalue weighted by atomic mass is 9.72. The van der Waals surface area contributed by atoms with E-state index >= 15 is 0 Å². The Bertz CT molecular complexity index is 1520. The third-order valence-electron chi connectivity index (χ3n) is 6.52. The lowest BCUT2D eigenvalue weighted by molar-refractivity contribution is -0.384. The fourth-order valence-corrected chi connectivity index (χ4v) is 4.84. The second-order valence-corrected chi connectivity index (χ2v) is 9.77. The molecule has 38 heavy (non-hydrogen) atoms. The number of benzene rings is 4. The van der Waals surface area contributed by atoms with Crippen LogP contribution in [0.3, 0.4) is 0 Å². The van der Waals surface area contributed by atoms with E-state index in [0.29, 0.717) is 26.9 Å². The molecule has 1 heterocycles. The largest absolute Gasteiger partial charge is 0.438 e. The van der Waals surface area contributed by atoms with Crippen molar-refractivity contribution in [3.8, 4) is 0 Å². The van der Waals surface area contributed by atoms with Gasteiger partial charge in [0.1, 0.15) is 6.04 Å². The smallest absolute Gasteiger partial charge is 0.339 e. The molecule has 0 aliphatic carbocycles. The van der Waals surface area contributed by atoms with Crippen LogP contribution in [0.5, 0.6) is 0 Å². The molecule has 0 radical (unpaired) electrons. The molecule has 9 heteroatoms. The van der Waals surface area contributed by atoms with E-state index in [1.165, 1.54) is 36.4 Å². The van der Waals surface area contributed by atoms with Gasteiger partial charge in [-0.2, -0.15) is 0 Å². The molecule has 4 aromatic rings. The first-order valence-corrected chi connectivity index (χ1v) is 12.4. The zero-order chi connectivity index (χ0) is 27.0. The summed E-state index contributed by atoms with van der Waals surface area (Å²) in [5.74, 6) is -1.23. The van der Waals surface area contributed by atoms with Crippen LogP contribution in [0.15, 0.2) is 97.1 Å². The van der Waals surface area contributed by atoms with Crippen LogP contribution in [0.25, 0.3) is 0 Å². The summed E-state index contributed by atoms with van der Waals surface area (Å²) >= 11 is 12.1. The van der Waals surface area contributed by atoms with Crippen molar-refractivity contribution < 1.29 is 19.2 Å². The molecule has 5 rings (SSSR count). The minimum atomic E-state index is -1.80. The number of carbonyl (C=O) groups excluding carboxylic acids is 2. The molecule has 190 valence electrons. The highest BCUT2D eigenvalue weighted by atomic mass is 35.5.